The smallest absolute Gasteiger partial charge is 0.331 e. The Bertz CT molecular complexity index is 1060. The zero-order valence-electron chi connectivity index (χ0n) is 15.2. The third kappa shape index (κ3) is 5.49. The van der Waals surface area contributed by atoms with Crippen molar-refractivity contribution in [3.63, 3.8) is 0 Å². The lowest BCUT2D eigenvalue weighted by atomic mass is 10.2. The van der Waals surface area contributed by atoms with Gasteiger partial charge in [0.2, 0.25) is 0 Å². The van der Waals surface area contributed by atoms with Gasteiger partial charge in [0.25, 0.3) is 5.69 Å². The largest absolute Gasteiger partial charge is 0.496 e. The Morgan fingerprint density at radius 1 is 1.28 bits per heavy atom. The van der Waals surface area contributed by atoms with Gasteiger partial charge in [-0.15, -0.1) is 11.3 Å². The molecule has 0 fully saturated rings. The van der Waals surface area contributed by atoms with Gasteiger partial charge in [0.15, 0.2) is 0 Å². The van der Waals surface area contributed by atoms with Crippen molar-refractivity contribution < 1.29 is 19.2 Å². The number of nitro groups is 1. The fraction of sp³-hybridized carbons (Fsp3) is 0.100. The van der Waals surface area contributed by atoms with Crippen LogP contribution in [0.5, 0.6) is 5.75 Å². The lowest BCUT2D eigenvalue weighted by Gasteiger charge is -2.06. The van der Waals surface area contributed by atoms with Crippen molar-refractivity contribution in [3.8, 4) is 16.3 Å². The van der Waals surface area contributed by atoms with E-state index in [1.165, 1.54) is 35.6 Å². The first-order valence-corrected chi connectivity index (χ1v) is 10.0. The first-order chi connectivity index (χ1) is 14.0. The maximum absolute atomic E-state index is 11.9. The van der Waals surface area contributed by atoms with E-state index >= 15 is 0 Å². The highest BCUT2D eigenvalue weighted by Gasteiger charge is 2.12. The molecule has 9 heteroatoms. The fourth-order valence-corrected chi connectivity index (χ4v) is 3.59. The summed E-state index contributed by atoms with van der Waals surface area (Å²) in [6.45, 7) is 0.0379. The highest BCUT2D eigenvalue weighted by atomic mass is 79.9. The molecule has 0 saturated heterocycles. The number of rotatable bonds is 7. The Morgan fingerprint density at radius 3 is 2.72 bits per heavy atom. The van der Waals surface area contributed by atoms with Crippen molar-refractivity contribution in [1.82, 2.24) is 4.98 Å². The minimum Gasteiger partial charge on any atom is -0.496 e. The van der Waals surface area contributed by atoms with E-state index in [4.69, 9.17) is 9.47 Å². The molecule has 1 heterocycles. The molecule has 29 heavy (non-hydrogen) atoms. The molecule has 0 aliphatic rings. The van der Waals surface area contributed by atoms with Crippen molar-refractivity contribution in [3.05, 3.63) is 79.8 Å². The summed E-state index contributed by atoms with van der Waals surface area (Å²) in [6, 6.07) is 11.5. The number of thiazole rings is 1. The van der Waals surface area contributed by atoms with Crippen LogP contribution in [-0.4, -0.2) is 23.0 Å². The normalized spacial score (nSPS) is 10.8. The quantitative estimate of drug-likeness (QED) is 0.201. The number of methoxy groups -OCH3 is 1. The van der Waals surface area contributed by atoms with Gasteiger partial charge < -0.3 is 9.47 Å². The SMILES string of the molecule is COc1ccc(Br)cc1-c1nc(COC(=O)C=Cc2ccc([N+](=O)[O-])cc2)cs1. The summed E-state index contributed by atoms with van der Waals surface area (Å²) in [5.74, 6) is 0.176. The molecule has 2 aromatic carbocycles. The van der Waals surface area contributed by atoms with Crippen LogP contribution >= 0.6 is 27.3 Å². The molecule has 0 aliphatic heterocycles. The molecule has 0 radical (unpaired) electrons. The lowest BCUT2D eigenvalue weighted by Crippen LogP contribution is -2.01. The van der Waals surface area contributed by atoms with Crippen molar-refractivity contribution in [1.29, 1.82) is 0 Å². The highest BCUT2D eigenvalue weighted by Crippen LogP contribution is 2.34. The number of nitrogens with zero attached hydrogens (tertiary/aromatic N) is 2. The molecule has 0 atom stereocenters. The summed E-state index contributed by atoms with van der Waals surface area (Å²) >= 11 is 4.87. The van der Waals surface area contributed by atoms with Gasteiger partial charge >= 0.3 is 5.97 Å². The maximum Gasteiger partial charge on any atom is 0.331 e. The van der Waals surface area contributed by atoms with E-state index in [0.29, 0.717) is 17.0 Å². The van der Waals surface area contributed by atoms with Crippen LogP contribution in [0.3, 0.4) is 0 Å². The molecular formula is C20H15BrN2O5S. The van der Waals surface area contributed by atoms with Crippen LogP contribution in [-0.2, 0) is 16.1 Å². The molecule has 0 bridgehead atoms. The van der Waals surface area contributed by atoms with Crippen LogP contribution in [0.25, 0.3) is 16.6 Å². The first-order valence-electron chi connectivity index (χ1n) is 8.34. The van der Waals surface area contributed by atoms with E-state index in [2.05, 4.69) is 20.9 Å². The second-order valence-electron chi connectivity index (χ2n) is 5.78. The van der Waals surface area contributed by atoms with E-state index in [1.54, 1.807) is 19.2 Å². The molecule has 0 amide bonds. The fourth-order valence-electron chi connectivity index (χ4n) is 2.41. The number of hydrogen-bond acceptors (Lipinski definition) is 7. The molecule has 3 rings (SSSR count). The van der Waals surface area contributed by atoms with E-state index < -0.39 is 10.9 Å². The number of halogens is 1. The molecule has 3 aromatic rings. The van der Waals surface area contributed by atoms with Crippen LogP contribution in [0.2, 0.25) is 0 Å². The molecule has 7 nitrogen and oxygen atoms in total. The monoisotopic (exact) mass is 474 g/mol. The number of nitro benzene ring substituents is 1. The maximum atomic E-state index is 11.9. The zero-order chi connectivity index (χ0) is 20.8. The van der Waals surface area contributed by atoms with Crippen molar-refractivity contribution in [2.24, 2.45) is 0 Å². The minimum absolute atomic E-state index is 0.00820. The first kappa shape index (κ1) is 20.7. The van der Waals surface area contributed by atoms with Crippen molar-refractivity contribution in [2.45, 2.75) is 6.61 Å². The van der Waals surface area contributed by atoms with E-state index in [1.807, 2.05) is 23.6 Å². The summed E-state index contributed by atoms with van der Waals surface area (Å²) < 4.78 is 11.5. The van der Waals surface area contributed by atoms with Gasteiger partial charge in [-0.25, -0.2) is 9.78 Å². The second-order valence-corrected chi connectivity index (χ2v) is 7.55. The molecule has 1 aromatic heterocycles. The van der Waals surface area contributed by atoms with Gasteiger partial charge in [0, 0.05) is 28.1 Å². The van der Waals surface area contributed by atoms with Crippen LogP contribution in [0.4, 0.5) is 5.69 Å². The highest BCUT2D eigenvalue weighted by molar-refractivity contribution is 9.10. The Labute approximate surface area is 178 Å². The Morgan fingerprint density at radius 2 is 2.03 bits per heavy atom. The third-order valence-electron chi connectivity index (χ3n) is 3.82. The Kier molecular flexibility index (Phi) is 6.73. The number of non-ortho nitro benzene ring substituents is 1. The number of esters is 1. The molecular weight excluding hydrogens is 460 g/mol. The average molecular weight is 475 g/mol. The van der Waals surface area contributed by atoms with Crippen molar-refractivity contribution >= 4 is 45.0 Å². The van der Waals surface area contributed by atoms with Gasteiger partial charge in [-0.3, -0.25) is 10.1 Å². The van der Waals surface area contributed by atoms with Gasteiger partial charge in [-0.2, -0.15) is 0 Å². The number of benzene rings is 2. The number of carbonyl (C=O) groups excluding carboxylic acids is 1. The predicted molar refractivity (Wildman–Crippen MR) is 114 cm³/mol. The summed E-state index contributed by atoms with van der Waals surface area (Å²) in [5.41, 5.74) is 2.13. The predicted octanol–water partition coefficient (Wildman–Crippen LogP) is 5.25. The van der Waals surface area contributed by atoms with Crippen LogP contribution in [0.1, 0.15) is 11.3 Å². The summed E-state index contributed by atoms with van der Waals surface area (Å²) in [4.78, 5) is 26.6. The number of aromatic nitrogens is 1. The second kappa shape index (κ2) is 9.44. The molecule has 0 spiro atoms. The van der Waals surface area contributed by atoms with Crippen LogP contribution < -0.4 is 4.74 Å². The third-order valence-corrected chi connectivity index (χ3v) is 5.24. The molecule has 0 aliphatic carbocycles. The topological polar surface area (TPSA) is 91.6 Å². The van der Waals surface area contributed by atoms with Gasteiger partial charge in [-0.05, 0) is 42.0 Å². The van der Waals surface area contributed by atoms with E-state index in [9.17, 15) is 14.9 Å². The minimum atomic E-state index is -0.530. The van der Waals surface area contributed by atoms with Gasteiger partial charge in [-0.1, -0.05) is 15.9 Å². The number of hydrogen-bond donors (Lipinski definition) is 0. The molecule has 0 unspecified atom stereocenters. The number of carbonyl (C=O) groups is 1. The van der Waals surface area contributed by atoms with Gasteiger partial charge in [0.1, 0.15) is 17.4 Å². The number of ether oxygens (including phenoxy) is 2. The average Bonchev–Trinajstić information content (AvgIpc) is 3.20. The summed E-state index contributed by atoms with van der Waals surface area (Å²) in [7, 11) is 1.60. The summed E-state index contributed by atoms with van der Waals surface area (Å²) in [5, 5.41) is 13.2. The van der Waals surface area contributed by atoms with Gasteiger partial charge in [0.05, 0.1) is 23.3 Å². The zero-order valence-corrected chi connectivity index (χ0v) is 17.6. The van der Waals surface area contributed by atoms with Crippen molar-refractivity contribution in [2.75, 3.05) is 7.11 Å². The Balaban J connectivity index is 1.60. The van der Waals surface area contributed by atoms with Crippen LogP contribution in [0, 0.1) is 10.1 Å². The lowest BCUT2D eigenvalue weighted by molar-refractivity contribution is -0.384. The van der Waals surface area contributed by atoms with E-state index in [0.717, 1.165) is 15.0 Å². The summed E-state index contributed by atoms with van der Waals surface area (Å²) in [6.07, 6.45) is 2.80. The molecule has 148 valence electrons. The Hall–Kier alpha value is -3.04. The molecule has 0 saturated carbocycles. The standard InChI is InChI=1S/C20H15BrN2O5S/c1-27-18-8-5-14(21)10-17(18)20-22-15(12-29-20)11-28-19(24)9-4-13-2-6-16(7-3-13)23(25)26/h2-10,12H,11H2,1H3. The molecule has 0 N–H and O–H groups in total. The van der Waals surface area contributed by atoms with E-state index in [-0.39, 0.29) is 12.3 Å². The van der Waals surface area contributed by atoms with Crippen LogP contribution in [0.15, 0.2) is 58.4 Å².